The van der Waals surface area contributed by atoms with E-state index in [1.807, 2.05) is 12.3 Å². The Kier molecular flexibility index (Phi) is 4.68. The van der Waals surface area contributed by atoms with Gasteiger partial charge >= 0.3 is 0 Å². The Balaban J connectivity index is 1.56. The van der Waals surface area contributed by atoms with E-state index in [2.05, 4.69) is 38.5 Å². The van der Waals surface area contributed by atoms with Gasteiger partial charge in [0.2, 0.25) is 0 Å². The monoisotopic (exact) mass is 340 g/mol. The molecule has 0 unspecified atom stereocenters. The van der Waals surface area contributed by atoms with Gasteiger partial charge in [-0.3, -0.25) is 0 Å². The van der Waals surface area contributed by atoms with Crippen LogP contribution >= 0.6 is 0 Å². The van der Waals surface area contributed by atoms with Crippen LogP contribution in [0.1, 0.15) is 75.3 Å². The average Bonchev–Trinajstić information content (AvgIpc) is 2.90. The van der Waals surface area contributed by atoms with E-state index in [4.69, 9.17) is 4.98 Å². The van der Waals surface area contributed by atoms with Crippen LogP contribution in [-0.4, -0.2) is 37.8 Å². The molecule has 0 amide bonds. The van der Waals surface area contributed by atoms with E-state index in [-0.39, 0.29) is 0 Å². The van der Waals surface area contributed by atoms with Crippen LogP contribution in [0, 0.1) is 0 Å². The summed E-state index contributed by atoms with van der Waals surface area (Å²) in [5.41, 5.74) is 0. The minimum absolute atomic E-state index is 0.354. The van der Waals surface area contributed by atoms with Gasteiger partial charge in [0.05, 0.1) is 0 Å². The van der Waals surface area contributed by atoms with Gasteiger partial charge in [0, 0.05) is 44.1 Å². The van der Waals surface area contributed by atoms with Gasteiger partial charge in [0.1, 0.15) is 23.3 Å². The largest absolute Gasteiger partial charge is 0.356 e. The van der Waals surface area contributed by atoms with Crippen LogP contribution < -0.4 is 4.90 Å². The molecule has 1 atom stereocenters. The second-order valence-electron chi connectivity index (χ2n) is 7.65. The molecule has 0 aromatic carbocycles. The Morgan fingerprint density at radius 2 is 2.00 bits per heavy atom. The first-order valence-electron chi connectivity index (χ1n) is 9.72. The van der Waals surface area contributed by atoms with Gasteiger partial charge in [-0.1, -0.05) is 20.3 Å². The predicted molar refractivity (Wildman–Crippen MR) is 97.9 cm³/mol. The van der Waals surface area contributed by atoms with Crippen molar-refractivity contribution in [2.45, 2.75) is 70.8 Å². The molecular formula is C19H28N6. The van der Waals surface area contributed by atoms with E-state index in [0.29, 0.717) is 11.8 Å². The summed E-state index contributed by atoms with van der Waals surface area (Å²) in [6.45, 7) is 7.41. The van der Waals surface area contributed by atoms with E-state index in [1.165, 1.54) is 43.8 Å². The van der Waals surface area contributed by atoms with Gasteiger partial charge in [0.25, 0.3) is 0 Å². The highest BCUT2D eigenvalue weighted by atomic mass is 15.3. The molecule has 2 aromatic heterocycles. The molecule has 0 bridgehead atoms. The maximum atomic E-state index is 4.79. The smallest absolute Gasteiger partial charge is 0.137 e. The number of fused-ring (bicyclic) bond motifs is 1. The summed E-state index contributed by atoms with van der Waals surface area (Å²) in [5.74, 6) is 5.17. The van der Waals surface area contributed by atoms with E-state index in [1.54, 1.807) is 0 Å². The molecule has 2 aromatic rings. The van der Waals surface area contributed by atoms with Crippen molar-refractivity contribution in [2.75, 3.05) is 18.0 Å². The first kappa shape index (κ1) is 16.5. The number of rotatable bonds is 3. The Morgan fingerprint density at radius 3 is 2.88 bits per heavy atom. The Morgan fingerprint density at radius 1 is 1.08 bits per heavy atom. The molecule has 0 spiro atoms. The normalized spacial score (nSPS) is 21.2. The van der Waals surface area contributed by atoms with Crippen LogP contribution in [0.15, 0.2) is 12.3 Å². The standard InChI is InChI=1S/C19H28N6/c1-14(2)18-20-10-9-16(21-18)24-11-6-7-15(13-24)19-23-22-17-8-4-3-5-12-25(17)19/h9-10,14-15H,3-8,11-13H2,1-2H3/t15-/m0/s1. The Hall–Kier alpha value is -1.98. The third kappa shape index (κ3) is 3.39. The molecule has 0 aliphatic carbocycles. The van der Waals surface area contributed by atoms with Gasteiger partial charge in [-0.05, 0) is 31.7 Å². The molecule has 6 nitrogen and oxygen atoms in total. The average molecular weight is 340 g/mol. The second-order valence-corrected chi connectivity index (χ2v) is 7.65. The fourth-order valence-electron chi connectivity index (χ4n) is 4.02. The zero-order valence-corrected chi connectivity index (χ0v) is 15.4. The van der Waals surface area contributed by atoms with E-state index in [0.717, 1.165) is 37.7 Å². The summed E-state index contributed by atoms with van der Waals surface area (Å²) in [7, 11) is 0. The highest BCUT2D eigenvalue weighted by Crippen LogP contribution is 2.30. The molecule has 134 valence electrons. The summed E-state index contributed by atoms with van der Waals surface area (Å²) in [6.07, 6.45) is 9.13. The summed E-state index contributed by atoms with van der Waals surface area (Å²) >= 11 is 0. The number of nitrogens with zero attached hydrogens (tertiary/aromatic N) is 6. The molecular weight excluding hydrogens is 312 g/mol. The maximum Gasteiger partial charge on any atom is 0.137 e. The van der Waals surface area contributed by atoms with E-state index >= 15 is 0 Å². The molecule has 0 N–H and O–H groups in total. The zero-order chi connectivity index (χ0) is 17.2. The van der Waals surface area contributed by atoms with Crippen LogP contribution in [-0.2, 0) is 13.0 Å². The molecule has 2 aliphatic rings. The van der Waals surface area contributed by atoms with Crippen LogP contribution in [0.2, 0.25) is 0 Å². The molecule has 1 saturated heterocycles. The lowest BCUT2D eigenvalue weighted by molar-refractivity contribution is 0.463. The predicted octanol–water partition coefficient (Wildman–Crippen LogP) is 3.30. The van der Waals surface area contributed by atoms with Crippen molar-refractivity contribution in [2.24, 2.45) is 0 Å². The van der Waals surface area contributed by atoms with Crippen molar-refractivity contribution in [3.8, 4) is 0 Å². The van der Waals surface area contributed by atoms with E-state index < -0.39 is 0 Å². The fourth-order valence-corrected chi connectivity index (χ4v) is 4.02. The van der Waals surface area contributed by atoms with Gasteiger partial charge < -0.3 is 9.47 Å². The van der Waals surface area contributed by atoms with Crippen molar-refractivity contribution in [1.82, 2.24) is 24.7 Å². The summed E-state index contributed by atoms with van der Waals surface area (Å²) in [6, 6.07) is 2.04. The molecule has 4 heterocycles. The van der Waals surface area contributed by atoms with Gasteiger partial charge in [-0.2, -0.15) is 0 Å². The molecule has 25 heavy (non-hydrogen) atoms. The van der Waals surface area contributed by atoms with Gasteiger partial charge in [-0.15, -0.1) is 10.2 Å². The highest BCUT2D eigenvalue weighted by molar-refractivity contribution is 5.39. The lowest BCUT2D eigenvalue weighted by Gasteiger charge is -2.33. The maximum absolute atomic E-state index is 4.79. The third-order valence-corrected chi connectivity index (χ3v) is 5.42. The van der Waals surface area contributed by atoms with Gasteiger partial charge in [-0.25, -0.2) is 9.97 Å². The lowest BCUT2D eigenvalue weighted by atomic mass is 9.97. The molecule has 1 fully saturated rings. The zero-order valence-electron chi connectivity index (χ0n) is 15.4. The number of piperidine rings is 1. The fraction of sp³-hybridized carbons (Fsp3) is 0.684. The molecule has 4 rings (SSSR count). The second kappa shape index (κ2) is 7.10. The number of anilines is 1. The summed E-state index contributed by atoms with van der Waals surface area (Å²) in [4.78, 5) is 11.6. The third-order valence-electron chi connectivity index (χ3n) is 5.42. The van der Waals surface area contributed by atoms with E-state index in [9.17, 15) is 0 Å². The van der Waals surface area contributed by atoms with Crippen molar-refractivity contribution in [3.63, 3.8) is 0 Å². The van der Waals surface area contributed by atoms with Crippen molar-refractivity contribution < 1.29 is 0 Å². The number of aromatic nitrogens is 5. The summed E-state index contributed by atoms with van der Waals surface area (Å²) < 4.78 is 2.40. The van der Waals surface area contributed by atoms with Crippen LogP contribution in [0.3, 0.4) is 0 Å². The molecule has 6 heteroatoms. The number of aryl methyl sites for hydroxylation is 1. The lowest BCUT2D eigenvalue weighted by Crippen LogP contribution is -2.36. The van der Waals surface area contributed by atoms with Crippen LogP contribution in [0.4, 0.5) is 5.82 Å². The minimum Gasteiger partial charge on any atom is -0.356 e. The summed E-state index contributed by atoms with van der Waals surface area (Å²) in [5, 5.41) is 9.09. The van der Waals surface area contributed by atoms with Crippen molar-refractivity contribution >= 4 is 5.82 Å². The molecule has 0 radical (unpaired) electrons. The number of hydrogen-bond acceptors (Lipinski definition) is 5. The van der Waals surface area contributed by atoms with Crippen molar-refractivity contribution in [1.29, 1.82) is 0 Å². The van der Waals surface area contributed by atoms with Gasteiger partial charge in [0.15, 0.2) is 0 Å². The Bertz CT molecular complexity index is 722. The first-order chi connectivity index (χ1) is 12.2. The number of hydrogen-bond donors (Lipinski definition) is 0. The highest BCUT2D eigenvalue weighted by Gasteiger charge is 2.28. The SMILES string of the molecule is CC(C)c1nccc(N2CCC[C@H](c3nnc4n3CCCCC4)C2)n1. The van der Waals surface area contributed by atoms with Crippen molar-refractivity contribution in [3.05, 3.63) is 29.7 Å². The Labute approximate surface area is 149 Å². The topological polar surface area (TPSA) is 59.7 Å². The molecule has 2 aliphatic heterocycles. The quantitative estimate of drug-likeness (QED) is 0.858. The minimum atomic E-state index is 0.354. The molecule has 0 saturated carbocycles. The van der Waals surface area contributed by atoms with Crippen LogP contribution in [0.5, 0.6) is 0 Å². The van der Waals surface area contributed by atoms with Crippen LogP contribution in [0.25, 0.3) is 0 Å². The first-order valence-corrected chi connectivity index (χ1v) is 9.72.